The highest BCUT2D eigenvalue weighted by Gasteiger charge is 2.12. The van der Waals surface area contributed by atoms with E-state index in [9.17, 15) is 4.79 Å². The van der Waals surface area contributed by atoms with Gasteiger partial charge in [-0.3, -0.25) is 9.78 Å². The van der Waals surface area contributed by atoms with E-state index in [1.165, 1.54) is 23.7 Å². The second-order valence-corrected chi connectivity index (χ2v) is 5.13. The number of carbonyl (C=O) groups is 1. The van der Waals surface area contributed by atoms with Crippen LogP contribution in [0, 0.1) is 0 Å². The van der Waals surface area contributed by atoms with Crippen LogP contribution in [-0.2, 0) is 6.42 Å². The molecule has 4 nitrogen and oxygen atoms in total. The minimum absolute atomic E-state index is 0.0629. The number of ketones is 1. The summed E-state index contributed by atoms with van der Waals surface area (Å²) in [5, 5.41) is 2.76. The summed E-state index contributed by atoms with van der Waals surface area (Å²) in [7, 11) is 0. The van der Waals surface area contributed by atoms with E-state index in [1.807, 2.05) is 35.7 Å². The largest absolute Gasteiger partial charge is 0.292 e. The highest BCUT2D eigenvalue weighted by molar-refractivity contribution is 7.10. The van der Waals surface area contributed by atoms with Gasteiger partial charge in [0.05, 0.1) is 18.3 Å². The Bertz CT molecular complexity index is 710. The van der Waals surface area contributed by atoms with Gasteiger partial charge >= 0.3 is 0 Å². The number of carbonyl (C=O) groups excluding carboxylic acids is 1. The number of hydrogen-bond acceptors (Lipinski definition) is 5. The van der Waals surface area contributed by atoms with Crippen LogP contribution in [0.5, 0.6) is 0 Å². The van der Waals surface area contributed by atoms with Crippen molar-refractivity contribution in [3.05, 3.63) is 65.0 Å². The molecule has 0 saturated heterocycles. The fourth-order valence-corrected chi connectivity index (χ4v) is 2.61. The van der Waals surface area contributed by atoms with Crippen molar-refractivity contribution in [2.75, 3.05) is 0 Å². The molecule has 5 heteroatoms. The summed E-state index contributed by atoms with van der Waals surface area (Å²) in [6, 6.07) is 9.92. The number of aromatic nitrogens is 3. The van der Waals surface area contributed by atoms with Crippen molar-refractivity contribution in [3.8, 4) is 11.3 Å². The average Bonchev–Trinajstić information content (AvgIpc) is 2.97. The fourth-order valence-electron chi connectivity index (χ4n) is 1.80. The van der Waals surface area contributed by atoms with Crippen molar-refractivity contribution < 1.29 is 4.79 Å². The molecule has 0 fully saturated rings. The SMILES string of the molecule is O=C(Cc1nc(-c2ccccc2)cs1)c1cnccn1. The highest BCUT2D eigenvalue weighted by atomic mass is 32.1. The van der Waals surface area contributed by atoms with E-state index in [2.05, 4.69) is 15.0 Å². The number of nitrogens with zero attached hydrogens (tertiary/aromatic N) is 3. The highest BCUT2D eigenvalue weighted by Crippen LogP contribution is 2.22. The van der Waals surface area contributed by atoms with E-state index in [0.29, 0.717) is 5.69 Å². The van der Waals surface area contributed by atoms with Gasteiger partial charge in [-0.15, -0.1) is 11.3 Å². The molecule has 0 saturated carbocycles. The van der Waals surface area contributed by atoms with Crippen LogP contribution in [-0.4, -0.2) is 20.7 Å². The molecule has 0 aliphatic heterocycles. The first-order valence-corrected chi connectivity index (χ1v) is 7.00. The van der Waals surface area contributed by atoms with Crippen molar-refractivity contribution in [1.82, 2.24) is 15.0 Å². The summed E-state index contributed by atoms with van der Waals surface area (Å²) >= 11 is 1.49. The molecule has 2 aromatic heterocycles. The van der Waals surface area contributed by atoms with Crippen LogP contribution in [0.1, 0.15) is 15.5 Å². The standard InChI is InChI=1S/C15H11N3OS/c19-14(12-9-16-6-7-17-12)8-15-18-13(10-20-15)11-4-2-1-3-5-11/h1-7,9-10H,8H2. The van der Waals surface area contributed by atoms with Gasteiger partial charge < -0.3 is 0 Å². The summed E-state index contributed by atoms with van der Waals surface area (Å²) < 4.78 is 0. The van der Waals surface area contributed by atoms with Crippen LogP contribution >= 0.6 is 11.3 Å². The number of Topliss-reactive ketones (excluding diaryl/α,β-unsaturated/α-hetero) is 1. The Labute approximate surface area is 120 Å². The van der Waals surface area contributed by atoms with Gasteiger partial charge in [-0.25, -0.2) is 9.97 Å². The van der Waals surface area contributed by atoms with Crippen molar-refractivity contribution in [2.45, 2.75) is 6.42 Å². The Hall–Kier alpha value is -2.40. The minimum atomic E-state index is -0.0629. The summed E-state index contributed by atoms with van der Waals surface area (Å²) in [5.41, 5.74) is 2.34. The third-order valence-corrected chi connectivity index (χ3v) is 3.63. The van der Waals surface area contributed by atoms with Crippen LogP contribution in [0.4, 0.5) is 0 Å². The molecule has 0 spiro atoms. The molecule has 0 amide bonds. The first-order chi connectivity index (χ1) is 9.83. The van der Waals surface area contributed by atoms with Crippen molar-refractivity contribution in [1.29, 1.82) is 0 Å². The van der Waals surface area contributed by atoms with E-state index in [-0.39, 0.29) is 12.2 Å². The molecule has 0 unspecified atom stereocenters. The molecular formula is C15H11N3OS. The first-order valence-electron chi connectivity index (χ1n) is 6.12. The maximum Gasteiger partial charge on any atom is 0.189 e. The predicted octanol–water partition coefficient (Wildman–Crippen LogP) is 3.03. The van der Waals surface area contributed by atoms with Crippen molar-refractivity contribution >= 4 is 17.1 Å². The third-order valence-electron chi connectivity index (χ3n) is 2.78. The lowest BCUT2D eigenvalue weighted by Crippen LogP contribution is -2.05. The van der Waals surface area contributed by atoms with Crippen LogP contribution < -0.4 is 0 Å². The van der Waals surface area contributed by atoms with Gasteiger partial charge in [0.25, 0.3) is 0 Å². The zero-order valence-electron chi connectivity index (χ0n) is 10.6. The topological polar surface area (TPSA) is 55.7 Å². The van der Waals surface area contributed by atoms with Gasteiger partial charge in [-0.05, 0) is 0 Å². The van der Waals surface area contributed by atoms with Gasteiger partial charge in [-0.2, -0.15) is 0 Å². The average molecular weight is 281 g/mol. The van der Waals surface area contributed by atoms with Gasteiger partial charge in [0.1, 0.15) is 10.7 Å². The van der Waals surface area contributed by atoms with E-state index >= 15 is 0 Å². The second-order valence-electron chi connectivity index (χ2n) is 4.18. The van der Waals surface area contributed by atoms with E-state index < -0.39 is 0 Å². The monoisotopic (exact) mass is 281 g/mol. The molecular weight excluding hydrogens is 270 g/mol. The molecule has 0 aliphatic carbocycles. The Morgan fingerprint density at radius 1 is 1.15 bits per heavy atom. The van der Waals surface area contributed by atoms with E-state index in [0.717, 1.165) is 16.3 Å². The smallest absolute Gasteiger partial charge is 0.189 e. The molecule has 0 aliphatic rings. The Morgan fingerprint density at radius 3 is 2.75 bits per heavy atom. The number of rotatable bonds is 4. The van der Waals surface area contributed by atoms with Crippen LogP contribution in [0.2, 0.25) is 0 Å². The van der Waals surface area contributed by atoms with Gasteiger partial charge in [-0.1, -0.05) is 30.3 Å². The molecule has 1 aromatic carbocycles. The molecule has 0 radical (unpaired) electrons. The molecule has 0 N–H and O–H groups in total. The van der Waals surface area contributed by atoms with Gasteiger partial charge in [0, 0.05) is 23.3 Å². The first kappa shape index (κ1) is 12.6. The Kier molecular flexibility index (Phi) is 3.60. The molecule has 0 atom stereocenters. The molecule has 2 heterocycles. The lowest BCUT2D eigenvalue weighted by molar-refractivity contribution is 0.0988. The Balaban J connectivity index is 1.77. The van der Waals surface area contributed by atoms with Crippen molar-refractivity contribution in [3.63, 3.8) is 0 Å². The second kappa shape index (κ2) is 5.71. The molecule has 3 aromatic rings. The summed E-state index contributed by atoms with van der Waals surface area (Å²) in [6.45, 7) is 0. The lowest BCUT2D eigenvalue weighted by Gasteiger charge is -1.97. The van der Waals surface area contributed by atoms with E-state index in [1.54, 1.807) is 6.20 Å². The summed E-state index contributed by atoms with van der Waals surface area (Å²) in [6.07, 6.45) is 4.81. The summed E-state index contributed by atoms with van der Waals surface area (Å²) in [5.74, 6) is -0.0629. The Morgan fingerprint density at radius 2 is 2.00 bits per heavy atom. The number of benzene rings is 1. The van der Waals surface area contributed by atoms with Crippen LogP contribution in [0.15, 0.2) is 54.3 Å². The van der Waals surface area contributed by atoms with Gasteiger partial charge in [0.15, 0.2) is 5.78 Å². The maximum absolute atomic E-state index is 12.0. The lowest BCUT2D eigenvalue weighted by atomic mass is 10.2. The molecule has 0 bridgehead atoms. The normalized spacial score (nSPS) is 10.4. The zero-order valence-corrected chi connectivity index (χ0v) is 11.4. The predicted molar refractivity (Wildman–Crippen MR) is 77.6 cm³/mol. The number of hydrogen-bond donors (Lipinski definition) is 0. The quantitative estimate of drug-likeness (QED) is 0.690. The van der Waals surface area contributed by atoms with Crippen molar-refractivity contribution in [2.24, 2.45) is 0 Å². The minimum Gasteiger partial charge on any atom is -0.292 e. The van der Waals surface area contributed by atoms with E-state index in [4.69, 9.17) is 0 Å². The third kappa shape index (κ3) is 2.78. The summed E-state index contributed by atoms with van der Waals surface area (Å²) in [4.78, 5) is 24.4. The van der Waals surface area contributed by atoms with Gasteiger partial charge in [0.2, 0.25) is 0 Å². The number of thiazole rings is 1. The van der Waals surface area contributed by atoms with Crippen LogP contribution in [0.3, 0.4) is 0 Å². The molecule has 20 heavy (non-hydrogen) atoms. The fraction of sp³-hybridized carbons (Fsp3) is 0.0667. The molecule has 3 rings (SSSR count). The van der Waals surface area contributed by atoms with Crippen LogP contribution in [0.25, 0.3) is 11.3 Å². The zero-order chi connectivity index (χ0) is 13.8. The maximum atomic E-state index is 12.0. The molecule has 98 valence electrons.